The lowest BCUT2D eigenvalue weighted by molar-refractivity contribution is 0.306. The molecule has 0 atom stereocenters. The fourth-order valence-corrected chi connectivity index (χ4v) is 3.21. The number of imidazole rings is 1. The van der Waals surface area contributed by atoms with Crippen molar-refractivity contribution in [2.24, 2.45) is 0 Å². The van der Waals surface area contributed by atoms with E-state index in [-0.39, 0.29) is 0 Å². The maximum absolute atomic E-state index is 5.88. The molecule has 2 aromatic carbocycles. The number of rotatable bonds is 8. The number of fused-ring (bicyclic) bond motifs is 1. The van der Waals surface area contributed by atoms with Gasteiger partial charge >= 0.3 is 0 Å². The molecular formula is C23H23N3O2. The maximum Gasteiger partial charge on any atom is 0.234 e. The minimum Gasteiger partial charge on any atom is -0.496 e. The third-order valence-electron chi connectivity index (χ3n) is 4.69. The highest BCUT2D eigenvalue weighted by atomic mass is 16.5. The van der Waals surface area contributed by atoms with Crippen LogP contribution in [-0.4, -0.2) is 28.1 Å². The second kappa shape index (κ2) is 8.57. The molecule has 0 saturated heterocycles. The highest BCUT2D eigenvalue weighted by Crippen LogP contribution is 2.22. The Morgan fingerprint density at radius 3 is 2.64 bits per heavy atom. The van der Waals surface area contributed by atoms with E-state index >= 15 is 0 Å². The van der Waals surface area contributed by atoms with Gasteiger partial charge in [0.05, 0.1) is 19.4 Å². The van der Waals surface area contributed by atoms with Gasteiger partial charge in [-0.3, -0.25) is 4.40 Å². The van der Waals surface area contributed by atoms with Crippen molar-refractivity contribution in [3.05, 3.63) is 78.8 Å². The minimum atomic E-state index is 0.701. The summed E-state index contributed by atoms with van der Waals surface area (Å²) >= 11 is 0. The first-order valence-electron chi connectivity index (χ1n) is 9.48. The van der Waals surface area contributed by atoms with Crippen molar-refractivity contribution >= 4 is 5.78 Å². The molecule has 4 rings (SSSR count). The molecule has 0 N–H and O–H groups in total. The fraction of sp³-hybridized carbons (Fsp3) is 0.217. The van der Waals surface area contributed by atoms with E-state index in [1.807, 2.05) is 59.3 Å². The van der Waals surface area contributed by atoms with Crippen LogP contribution in [0, 0.1) is 0 Å². The van der Waals surface area contributed by atoms with Gasteiger partial charge in [-0.2, -0.15) is 0 Å². The van der Waals surface area contributed by atoms with Gasteiger partial charge in [0.1, 0.15) is 11.5 Å². The predicted molar refractivity (Wildman–Crippen MR) is 110 cm³/mol. The quantitative estimate of drug-likeness (QED) is 0.416. The fourth-order valence-electron chi connectivity index (χ4n) is 3.21. The van der Waals surface area contributed by atoms with Crippen molar-refractivity contribution in [3.8, 4) is 22.8 Å². The molecule has 0 aliphatic rings. The van der Waals surface area contributed by atoms with Crippen LogP contribution in [-0.2, 0) is 6.42 Å². The molecule has 0 amide bonds. The molecule has 5 heteroatoms. The predicted octanol–water partition coefficient (Wildman–Crippen LogP) is 4.81. The first-order valence-corrected chi connectivity index (χ1v) is 9.48. The number of nitrogens with zero attached hydrogens (tertiary/aromatic N) is 3. The smallest absolute Gasteiger partial charge is 0.234 e. The van der Waals surface area contributed by atoms with Gasteiger partial charge in [0.25, 0.3) is 0 Å². The average Bonchev–Trinajstić information content (AvgIpc) is 3.18. The Morgan fingerprint density at radius 2 is 1.82 bits per heavy atom. The minimum absolute atomic E-state index is 0.701. The second-order valence-corrected chi connectivity index (χ2v) is 6.59. The molecule has 5 nitrogen and oxygen atoms in total. The molecule has 0 bridgehead atoms. The van der Waals surface area contributed by atoms with E-state index in [0.717, 1.165) is 42.0 Å². The topological polar surface area (TPSA) is 48.7 Å². The van der Waals surface area contributed by atoms with E-state index in [4.69, 9.17) is 9.47 Å². The maximum atomic E-state index is 5.88. The Morgan fingerprint density at radius 1 is 0.964 bits per heavy atom. The number of aromatic nitrogens is 3. The molecule has 0 radical (unpaired) electrons. The number of benzene rings is 2. The van der Waals surface area contributed by atoms with Crippen LogP contribution in [0.15, 0.2) is 73.2 Å². The molecule has 0 aliphatic heterocycles. The first-order chi connectivity index (χ1) is 13.8. The van der Waals surface area contributed by atoms with Crippen LogP contribution in [0.2, 0.25) is 0 Å². The number of aryl methyl sites for hydroxylation is 1. The van der Waals surface area contributed by atoms with Gasteiger partial charge in [-0.15, -0.1) is 0 Å². The Balaban J connectivity index is 1.28. The Hall–Kier alpha value is -3.34. The van der Waals surface area contributed by atoms with Crippen LogP contribution in [0.5, 0.6) is 11.5 Å². The lowest BCUT2D eigenvalue weighted by Crippen LogP contribution is -1.99. The monoisotopic (exact) mass is 373 g/mol. The number of hydrogen-bond acceptors (Lipinski definition) is 4. The van der Waals surface area contributed by atoms with Crippen LogP contribution < -0.4 is 9.47 Å². The molecule has 0 unspecified atom stereocenters. The zero-order valence-corrected chi connectivity index (χ0v) is 15.9. The van der Waals surface area contributed by atoms with Crippen LogP contribution in [0.3, 0.4) is 0 Å². The van der Waals surface area contributed by atoms with Crippen LogP contribution in [0.1, 0.15) is 18.4 Å². The lowest BCUT2D eigenvalue weighted by atomic mass is 10.1. The first kappa shape index (κ1) is 18.0. The van der Waals surface area contributed by atoms with Crippen LogP contribution in [0.25, 0.3) is 17.0 Å². The SMILES string of the molecule is COc1ccccc1CCCCOc1ccc(-c2cn3cccnc3n2)cc1. The van der Waals surface area contributed by atoms with Gasteiger partial charge in [-0.1, -0.05) is 18.2 Å². The highest BCUT2D eigenvalue weighted by molar-refractivity contribution is 5.62. The molecule has 4 aromatic rings. The van der Waals surface area contributed by atoms with Gasteiger partial charge in [0, 0.05) is 24.2 Å². The van der Waals surface area contributed by atoms with E-state index < -0.39 is 0 Å². The summed E-state index contributed by atoms with van der Waals surface area (Å²) in [6.07, 6.45) is 8.73. The summed E-state index contributed by atoms with van der Waals surface area (Å²) in [6, 6.07) is 18.1. The normalized spacial score (nSPS) is 10.9. The van der Waals surface area contributed by atoms with Gasteiger partial charge in [-0.25, -0.2) is 9.97 Å². The van der Waals surface area contributed by atoms with Crippen molar-refractivity contribution in [2.75, 3.05) is 13.7 Å². The molecule has 28 heavy (non-hydrogen) atoms. The lowest BCUT2D eigenvalue weighted by Gasteiger charge is -2.09. The summed E-state index contributed by atoms with van der Waals surface area (Å²) in [5.74, 6) is 2.54. The van der Waals surface area contributed by atoms with Crippen molar-refractivity contribution in [2.45, 2.75) is 19.3 Å². The molecule has 142 valence electrons. The molecule has 0 aliphatic carbocycles. The largest absolute Gasteiger partial charge is 0.496 e. The molecule has 0 spiro atoms. The van der Waals surface area contributed by atoms with Gasteiger partial charge < -0.3 is 9.47 Å². The van der Waals surface area contributed by atoms with Crippen LogP contribution in [0.4, 0.5) is 0 Å². The zero-order chi connectivity index (χ0) is 19.2. The molecular weight excluding hydrogens is 350 g/mol. The molecule has 2 aromatic heterocycles. The number of unbranched alkanes of at least 4 members (excludes halogenated alkanes) is 1. The van der Waals surface area contributed by atoms with Gasteiger partial charge in [-0.05, 0) is 61.2 Å². The van der Waals surface area contributed by atoms with Gasteiger partial charge in [0.2, 0.25) is 5.78 Å². The number of ether oxygens (including phenoxy) is 2. The molecule has 0 saturated carbocycles. The van der Waals surface area contributed by atoms with Crippen molar-refractivity contribution < 1.29 is 9.47 Å². The third kappa shape index (κ3) is 4.14. The highest BCUT2D eigenvalue weighted by Gasteiger charge is 2.05. The van der Waals surface area contributed by atoms with E-state index in [2.05, 4.69) is 22.1 Å². The summed E-state index contributed by atoms with van der Waals surface area (Å²) in [5, 5.41) is 0. The molecule has 0 fully saturated rings. The zero-order valence-electron chi connectivity index (χ0n) is 15.9. The van der Waals surface area contributed by atoms with Crippen molar-refractivity contribution in [3.63, 3.8) is 0 Å². The van der Waals surface area contributed by atoms with E-state index in [0.29, 0.717) is 12.4 Å². The average molecular weight is 373 g/mol. The number of para-hydroxylation sites is 1. The van der Waals surface area contributed by atoms with E-state index in [1.54, 1.807) is 13.3 Å². The van der Waals surface area contributed by atoms with E-state index in [9.17, 15) is 0 Å². The summed E-state index contributed by atoms with van der Waals surface area (Å²) in [6.45, 7) is 0.701. The third-order valence-corrected chi connectivity index (χ3v) is 4.69. The number of methoxy groups -OCH3 is 1. The summed E-state index contributed by atoms with van der Waals surface area (Å²) in [7, 11) is 1.72. The summed E-state index contributed by atoms with van der Waals surface area (Å²) in [4.78, 5) is 8.80. The second-order valence-electron chi connectivity index (χ2n) is 6.59. The van der Waals surface area contributed by atoms with Crippen LogP contribution >= 0.6 is 0 Å². The summed E-state index contributed by atoms with van der Waals surface area (Å²) in [5.41, 5.74) is 3.20. The van der Waals surface area contributed by atoms with E-state index in [1.165, 1.54) is 5.56 Å². The van der Waals surface area contributed by atoms with Gasteiger partial charge in [0.15, 0.2) is 0 Å². The molecule has 2 heterocycles. The standard InChI is InChI=1S/C23H23N3O2/c1-27-22-9-3-2-7-19(22)8-4-5-16-28-20-12-10-18(11-13-20)21-17-26-15-6-14-24-23(26)25-21/h2-3,6-7,9-15,17H,4-5,8,16H2,1H3. The Bertz CT molecular complexity index is 1010. The van der Waals surface area contributed by atoms with Crippen molar-refractivity contribution in [1.29, 1.82) is 0 Å². The number of hydrogen-bond donors (Lipinski definition) is 0. The van der Waals surface area contributed by atoms with Crippen molar-refractivity contribution in [1.82, 2.24) is 14.4 Å². The Labute approximate surface area is 164 Å². The summed E-state index contributed by atoms with van der Waals surface area (Å²) < 4.78 is 13.2. The Kier molecular flexibility index (Phi) is 5.52.